The number of hydrogen-bond donors (Lipinski definition) is 2. The number of halogens is 1. The number of morpholine rings is 1. The molecule has 2 heterocycles. The van der Waals surface area contributed by atoms with Crippen molar-refractivity contribution in [3.05, 3.63) is 51.4 Å². The first-order chi connectivity index (χ1) is 13.2. The average molecular weight is 389 g/mol. The molecule has 27 heavy (non-hydrogen) atoms. The SMILES string of the molecule is O=c1c(Cl)c(NCC2COCCN2)cnn1-c1ccc(C2CCCC2)cc1. The number of nitrogens with one attached hydrogen (secondary N) is 2. The molecule has 1 aromatic carbocycles. The van der Waals surface area contributed by atoms with Crippen LogP contribution in [-0.4, -0.2) is 42.1 Å². The van der Waals surface area contributed by atoms with Crippen molar-refractivity contribution in [3.8, 4) is 5.69 Å². The molecule has 2 aromatic rings. The number of ether oxygens (including phenoxy) is 1. The van der Waals surface area contributed by atoms with Gasteiger partial charge < -0.3 is 15.4 Å². The molecule has 6 nitrogen and oxygen atoms in total. The quantitative estimate of drug-likeness (QED) is 0.824. The molecule has 1 aliphatic carbocycles. The molecule has 7 heteroatoms. The van der Waals surface area contributed by atoms with Gasteiger partial charge in [0.1, 0.15) is 5.02 Å². The third-order valence-corrected chi connectivity index (χ3v) is 5.79. The highest BCUT2D eigenvalue weighted by atomic mass is 35.5. The molecule has 0 bridgehead atoms. The van der Waals surface area contributed by atoms with Crippen LogP contribution in [0.4, 0.5) is 5.69 Å². The van der Waals surface area contributed by atoms with E-state index in [9.17, 15) is 4.79 Å². The van der Waals surface area contributed by atoms with Gasteiger partial charge in [0.05, 0.1) is 30.8 Å². The fraction of sp³-hybridized carbons (Fsp3) is 0.500. The summed E-state index contributed by atoms with van der Waals surface area (Å²) in [7, 11) is 0. The maximum Gasteiger partial charge on any atom is 0.292 e. The van der Waals surface area contributed by atoms with Crippen LogP contribution in [0.3, 0.4) is 0 Å². The zero-order valence-corrected chi connectivity index (χ0v) is 16.0. The summed E-state index contributed by atoms with van der Waals surface area (Å²) in [6, 6.07) is 8.31. The van der Waals surface area contributed by atoms with E-state index in [4.69, 9.17) is 16.3 Å². The van der Waals surface area contributed by atoms with Crippen LogP contribution in [0, 0.1) is 0 Å². The van der Waals surface area contributed by atoms with Crippen molar-refractivity contribution in [2.24, 2.45) is 0 Å². The van der Waals surface area contributed by atoms with Crippen LogP contribution >= 0.6 is 11.6 Å². The minimum atomic E-state index is -0.317. The van der Waals surface area contributed by atoms with Crippen molar-refractivity contribution in [2.75, 3.05) is 31.6 Å². The summed E-state index contributed by atoms with van der Waals surface area (Å²) in [5, 5.41) is 11.0. The molecule has 4 rings (SSSR count). The van der Waals surface area contributed by atoms with E-state index in [-0.39, 0.29) is 16.6 Å². The molecule has 1 unspecified atom stereocenters. The molecule has 1 aliphatic heterocycles. The molecular formula is C20H25ClN4O2. The molecule has 2 N–H and O–H groups in total. The monoisotopic (exact) mass is 388 g/mol. The van der Waals surface area contributed by atoms with Gasteiger partial charge in [-0.25, -0.2) is 0 Å². The van der Waals surface area contributed by atoms with E-state index in [1.807, 2.05) is 12.1 Å². The Hall–Kier alpha value is -1.89. The van der Waals surface area contributed by atoms with E-state index in [0.717, 1.165) is 18.8 Å². The van der Waals surface area contributed by atoms with Crippen LogP contribution in [0.25, 0.3) is 5.69 Å². The lowest BCUT2D eigenvalue weighted by atomic mass is 9.98. The summed E-state index contributed by atoms with van der Waals surface area (Å²) < 4.78 is 6.79. The summed E-state index contributed by atoms with van der Waals surface area (Å²) in [6.07, 6.45) is 6.73. The van der Waals surface area contributed by atoms with Gasteiger partial charge in [0.15, 0.2) is 0 Å². The lowest BCUT2D eigenvalue weighted by molar-refractivity contribution is 0.0806. The molecule has 0 amide bonds. The van der Waals surface area contributed by atoms with Crippen LogP contribution in [0.2, 0.25) is 5.02 Å². The summed E-state index contributed by atoms with van der Waals surface area (Å²) in [5.41, 5.74) is 2.31. The Bertz CT molecular complexity index is 825. The minimum absolute atomic E-state index is 0.154. The summed E-state index contributed by atoms with van der Waals surface area (Å²) in [5.74, 6) is 0.649. The number of nitrogens with zero attached hydrogens (tertiary/aromatic N) is 2. The Morgan fingerprint density at radius 1 is 1.26 bits per heavy atom. The standard InChI is InChI=1S/C20H25ClN4O2/c21-19-18(23-11-16-13-27-10-9-22-16)12-24-25(20(19)26)17-7-5-15(6-8-17)14-3-1-2-4-14/h5-8,12,14,16,22-23H,1-4,9-11,13H2. The molecule has 2 aliphatic rings. The maximum absolute atomic E-state index is 12.7. The predicted octanol–water partition coefficient (Wildman–Crippen LogP) is 2.94. The number of aromatic nitrogens is 2. The van der Waals surface area contributed by atoms with E-state index in [1.54, 1.807) is 6.20 Å². The van der Waals surface area contributed by atoms with Crippen molar-refractivity contribution < 1.29 is 4.74 Å². The second-order valence-electron chi connectivity index (χ2n) is 7.27. The van der Waals surface area contributed by atoms with Crippen molar-refractivity contribution in [3.63, 3.8) is 0 Å². The average Bonchev–Trinajstić information content (AvgIpc) is 3.25. The highest BCUT2D eigenvalue weighted by Gasteiger charge is 2.18. The van der Waals surface area contributed by atoms with Gasteiger partial charge in [-0.15, -0.1) is 0 Å². The van der Waals surface area contributed by atoms with Gasteiger partial charge in [0, 0.05) is 19.1 Å². The first-order valence-electron chi connectivity index (χ1n) is 9.65. The third-order valence-electron chi connectivity index (χ3n) is 5.42. The van der Waals surface area contributed by atoms with Gasteiger partial charge in [0.25, 0.3) is 5.56 Å². The van der Waals surface area contributed by atoms with Crippen LogP contribution < -0.4 is 16.2 Å². The second-order valence-corrected chi connectivity index (χ2v) is 7.65. The topological polar surface area (TPSA) is 68.2 Å². The molecule has 0 radical (unpaired) electrons. The summed E-state index contributed by atoms with van der Waals surface area (Å²) >= 11 is 6.31. The van der Waals surface area contributed by atoms with E-state index >= 15 is 0 Å². The lowest BCUT2D eigenvalue weighted by Gasteiger charge is -2.24. The highest BCUT2D eigenvalue weighted by Crippen LogP contribution is 2.34. The Balaban J connectivity index is 1.48. The van der Waals surface area contributed by atoms with E-state index in [0.29, 0.717) is 24.8 Å². The van der Waals surface area contributed by atoms with Crippen LogP contribution in [0.5, 0.6) is 0 Å². The van der Waals surface area contributed by atoms with Crippen LogP contribution in [0.15, 0.2) is 35.3 Å². The first-order valence-corrected chi connectivity index (χ1v) is 10.0. The largest absolute Gasteiger partial charge is 0.381 e. The Morgan fingerprint density at radius 2 is 2.04 bits per heavy atom. The van der Waals surface area contributed by atoms with Crippen molar-refractivity contribution in [1.82, 2.24) is 15.1 Å². The van der Waals surface area contributed by atoms with Gasteiger partial charge in [-0.3, -0.25) is 4.79 Å². The van der Waals surface area contributed by atoms with Crippen molar-refractivity contribution >= 4 is 17.3 Å². The van der Waals surface area contributed by atoms with E-state index in [2.05, 4.69) is 27.9 Å². The number of benzene rings is 1. The molecule has 1 aromatic heterocycles. The van der Waals surface area contributed by atoms with Crippen LogP contribution in [0.1, 0.15) is 37.2 Å². The van der Waals surface area contributed by atoms with E-state index in [1.165, 1.54) is 35.9 Å². The molecule has 2 fully saturated rings. The molecular weight excluding hydrogens is 364 g/mol. The minimum Gasteiger partial charge on any atom is -0.381 e. The fourth-order valence-corrected chi connectivity index (χ4v) is 4.07. The number of rotatable bonds is 5. The Labute approximate surface area is 163 Å². The molecule has 1 atom stereocenters. The van der Waals surface area contributed by atoms with Crippen LogP contribution in [-0.2, 0) is 4.74 Å². The Kier molecular flexibility index (Phi) is 5.76. The lowest BCUT2D eigenvalue weighted by Crippen LogP contribution is -2.45. The van der Waals surface area contributed by atoms with Gasteiger partial charge in [-0.1, -0.05) is 36.6 Å². The number of hydrogen-bond acceptors (Lipinski definition) is 5. The van der Waals surface area contributed by atoms with Gasteiger partial charge in [-0.05, 0) is 36.5 Å². The van der Waals surface area contributed by atoms with Crippen molar-refractivity contribution in [1.29, 1.82) is 0 Å². The molecule has 0 spiro atoms. The smallest absolute Gasteiger partial charge is 0.292 e. The molecule has 144 valence electrons. The summed E-state index contributed by atoms with van der Waals surface area (Å²) in [6.45, 7) is 2.83. The van der Waals surface area contributed by atoms with Gasteiger partial charge in [-0.2, -0.15) is 9.78 Å². The maximum atomic E-state index is 12.7. The highest BCUT2D eigenvalue weighted by molar-refractivity contribution is 6.32. The second kappa shape index (κ2) is 8.42. The van der Waals surface area contributed by atoms with Gasteiger partial charge >= 0.3 is 0 Å². The summed E-state index contributed by atoms with van der Waals surface area (Å²) in [4.78, 5) is 12.7. The fourth-order valence-electron chi connectivity index (χ4n) is 3.87. The normalized spacial score (nSPS) is 20.7. The molecule has 1 saturated carbocycles. The Morgan fingerprint density at radius 3 is 2.74 bits per heavy atom. The number of anilines is 1. The third kappa shape index (κ3) is 4.18. The predicted molar refractivity (Wildman–Crippen MR) is 107 cm³/mol. The zero-order valence-electron chi connectivity index (χ0n) is 15.3. The first kappa shape index (κ1) is 18.5. The van der Waals surface area contributed by atoms with E-state index < -0.39 is 0 Å². The zero-order chi connectivity index (χ0) is 18.6. The van der Waals surface area contributed by atoms with Gasteiger partial charge in [0.2, 0.25) is 0 Å². The van der Waals surface area contributed by atoms with Crippen molar-refractivity contribution in [2.45, 2.75) is 37.6 Å². The molecule has 1 saturated heterocycles.